The van der Waals surface area contributed by atoms with Gasteiger partial charge in [0.1, 0.15) is 5.94 Å². The van der Waals surface area contributed by atoms with Crippen molar-refractivity contribution in [1.82, 2.24) is 5.48 Å². The first-order valence-electron chi connectivity index (χ1n) is 2.37. The van der Waals surface area contributed by atoms with E-state index in [0.29, 0.717) is 0 Å². The number of carbonyl (C=O) groups excluding carboxylic acids is 2. The van der Waals surface area contributed by atoms with Crippen molar-refractivity contribution >= 4 is 11.9 Å². The molecule has 0 amide bonds. The molecule has 0 aromatic carbocycles. The first-order valence-corrected chi connectivity index (χ1v) is 2.37. The molecular weight excluding hydrogens is 122 g/mol. The fraction of sp³-hybridized carbons (Fsp3) is 0.400. The third kappa shape index (κ3) is 6.88. The third-order valence-corrected chi connectivity index (χ3v) is 0.485. The first-order chi connectivity index (χ1) is 4.27. The minimum absolute atomic E-state index is 0.198. The normalized spacial score (nSPS) is 7.67. The summed E-state index contributed by atoms with van der Waals surface area (Å²) >= 11 is 0. The van der Waals surface area contributed by atoms with Crippen molar-refractivity contribution in [2.45, 2.75) is 6.92 Å². The van der Waals surface area contributed by atoms with Crippen LogP contribution in [0, 0.1) is 0 Å². The van der Waals surface area contributed by atoms with E-state index in [-0.39, 0.29) is 6.54 Å². The molecule has 0 atom stereocenters. The number of carbonyl (C=O) groups is 1. The Kier molecular flexibility index (Phi) is 4.40. The molecule has 1 N–H and O–H groups in total. The largest absolute Gasteiger partial charge is 0.371 e. The molecule has 0 fully saturated rings. The molecule has 0 heterocycles. The van der Waals surface area contributed by atoms with E-state index in [4.69, 9.17) is 0 Å². The van der Waals surface area contributed by atoms with Gasteiger partial charge in [-0.05, 0) is 0 Å². The van der Waals surface area contributed by atoms with Gasteiger partial charge in [0.15, 0.2) is 0 Å². The van der Waals surface area contributed by atoms with Gasteiger partial charge in [-0.1, -0.05) is 0 Å². The molecule has 0 spiro atoms. The average Bonchev–Trinajstić information content (AvgIpc) is 1.80. The number of hydrogen-bond donors (Lipinski definition) is 1. The van der Waals surface area contributed by atoms with Gasteiger partial charge in [-0.3, -0.25) is 4.79 Å². The number of nitrogens with one attached hydrogen (secondary N) is 1. The summed E-state index contributed by atoms with van der Waals surface area (Å²) in [6.45, 7) is 1.46. The van der Waals surface area contributed by atoms with Crippen LogP contribution in [0.2, 0.25) is 0 Å². The third-order valence-electron chi connectivity index (χ3n) is 0.485. The van der Waals surface area contributed by atoms with Crippen LogP contribution in [0.4, 0.5) is 0 Å². The molecule has 0 aliphatic carbocycles. The zero-order chi connectivity index (χ0) is 7.11. The number of hydroxylamine groups is 1. The second-order valence-electron chi connectivity index (χ2n) is 1.26. The van der Waals surface area contributed by atoms with Crippen LogP contribution in [-0.2, 0) is 14.4 Å². The summed E-state index contributed by atoms with van der Waals surface area (Å²) in [6.07, 6.45) is 1.17. The van der Waals surface area contributed by atoms with Gasteiger partial charge in [-0.2, -0.15) is 0 Å². The molecule has 0 unspecified atom stereocenters. The summed E-state index contributed by atoms with van der Waals surface area (Å²) in [5.74, 6) is 1.08. The maximum atomic E-state index is 10.0. The average molecular weight is 129 g/mol. The Morgan fingerprint density at radius 1 is 1.89 bits per heavy atom. The van der Waals surface area contributed by atoms with Crippen LogP contribution < -0.4 is 5.48 Å². The summed E-state index contributed by atoms with van der Waals surface area (Å²) in [5.41, 5.74) is 2.22. The van der Waals surface area contributed by atoms with Crippen molar-refractivity contribution in [2.24, 2.45) is 0 Å². The molecular formula is C5H7NO3. The maximum absolute atomic E-state index is 10.0. The standard InChI is InChI=1S/C5H7NO3/c1-5(8)9-6-3-2-4-7/h2,6H,3H2,1H3. The van der Waals surface area contributed by atoms with Gasteiger partial charge in [0.2, 0.25) is 0 Å². The topological polar surface area (TPSA) is 55.4 Å². The second-order valence-corrected chi connectivity index (χ2v) is 1.26. The van der Waals surface area contributed by atoms with E-state index in [2.05, 4.69) is 10.3 Å². The predicted octanol–water partition coefficient (Wildman–Crippen LogP) is -0.558. The Hall–Kier alpha value is -1.12. The van der Waals surface area contributed by atoms with Crippen molar-refractivity contribution < 1.29 is 14.4 Å². The van der Waals surface area contributed by atoms with Crippen LogP contribution in [0.15, 0.2) is 6.08 Å². The minimum Gasteiger partial charge on any atom is -0.371 e. The van der Waals surface area contributed by atoms with Crippen molar-refractivity contribution in [3.8, 4) is 0 Å². The number of hydrogen-bond acceptors (Lipinski definition) is 4. The lowest BCUT2D eigenvalue weighted by Crippen LogP contribution is -2.17. The molecule has 0 aromatic rings. The molecule has 4 heteroatoms. The van der Waals surface area contributed by atoms with Crippen molar-refractivity contribution in [3.63, 3.8) is 0 Å². The SMILES string of the molecule is CC(=O)ONCC=C=O. The van der Waals surface area contributed by atoms with Crippen LogP contribution >= 0.6 is 0 Å². The lowest BCUT2D eigenvalue weighted by Gasteiger charge is -1.95. The van der Waals surface area contributed by atoms with Crippen LogP contribution in [0.25, 0.3) is 0 Å². The van der Waals surface area contributed by atoms with E-state index in [1.54, 1.807) is 0 Å². The monoisotopic (exact) mass is 129 g/mol. The lowest BCUT2D eigenvalue weighted by atomic mass is 10.7. The van der Waals surface area contributed by atoms with Crippen molar-refractivity contribution in [1.29, 1.82) is 0 Å². The fourth-order valence-electron chi connectivity index (χ4n) is 0.227. The molecule has 0 aliphatic heterocycles. The highest BCUT2D eigenvalue weighted by Crippen LogP contribution is 1.66. The van der Waals surface area contributed by atoms with Crippen LogP contribution in [0.3, 0.4) is 0 Å². The zero-order valence-corrected chi connectivity index (χ0v) is 5.01. The van der Waals surface area contributed by atoms with Gasteiger partial charge in [-0.25, -0.2) is 4.79 Å². The van der Waals surface area contributed by atoms with E-state index in [1.165, 1.54) is 18.9 Å². The minimum atomic E-state index is -0.436. The molecule has 0 radical (unpaired) electrons. The molecule has 0 saturated heterocycles. The highest BCUT2D eigenvalue weighted by molar-refractivity contribution is 5.65. The smallest absolute Gasteiger partial charge is 0.321 e. The van der Waals surface area contributed by atoms with Crippen LogP contribution in [0.5, 0.6) is 0 Å². The van der Waals surface area contributed by atoms with Gasteiger partial charge >= 0.3 is 5.97 Å². The van der Waals surface area contributed by atoms with Gasteiger partial charge in [-0.15, -0.1) is 5.48 Å². The van der Waals surface area contributed by atoms with Gasteiger partial charge in [0.25, 0.3) is 0 Å². The summed E-state index contributed by atoms with van der Waals surface area (Å²) < 4.78 is 0. The Morgan fingerprint density at radius 2 is 2.56 bits per heavy atom. The molecule has 0 aliphatic rings. The number of rotatable bonds is 3. The predicted molar refractivity (Wildman–Crippen MR) is 30.0 cm³/mol. The molecule has 4 nitrogen and oxygen atoms in total. The van der Waals surface area contributed by atoms with Crippen molar-refractivity contribution in [2.75, 3.05) is 6.54 Å². The van der Waals surface area contributed by atoms with E-state index in [9.17, 15) is 9.59 Å². The van der Waals surface area contributed by atoms with Gasteiger partial charge in [0.05, 0.1) is 6.54 Å². The van der Waals surface area contributed by atoms with E-state index in [1.807, 2.05) is 0 Å². The quantitative estimate of drug-likeness (QED) is 0.315. The van der Waals surface area contributed by atoms with E-state index in [0.717, 1.165) is 0 Å². The summed E-state index contributed by atoms with van der Waals surface area (Å²) in [4.78, 5) is 23.7. The Bertz CT molecular complexity index is 135. The molecule has 50 valence electrons. The second kappa shape index (κ2) is 5.03. The summed E-state index contributed by atoms with van der Waals surface area (Å²) in [7, 11) is 0. The molecule has 0 saturated carbocycles. The molecule has 0 rings (SSSR count). The molecule has 9 heavy (non-hydrogen) atoms. The van der Waals surface area contributed by atoms with E-state index < -0.39 is 5.97 Å². The fourth-order valence-corrected chi connectivity index (χ4v) is 0.227. The van der Waals surface area contributed by atoms with E-state index >= 15 is 0 Å². The summed E-state index contributed by atoms with van der Waals surface area (Å²) in [5, 5.41) is 0. The Balaban J connectivity index is 3.10. The Labute approximate surface area is 52.4 Å². The first kappa shape index (κ1) is 7.88. The van der Waals surface area contributed by atoms with Gasteiger partial charge < -0.3 is 4.84 Å². The van der Waals surface area contributed by atoms with Crippen molar-refractivity contribution in [3.05, 3.63) is 6.08 Å². The molecule has 0 bridgehead atoms. The lowest BCUT2D eigenvalue weighted by molar-refractivity contribution is -0.147. The Morgan fingerprint density at radius 3 is 3.00 bits per heavy atom. The summed E-state index contributed by atoms with van der Waals surface area (Å²) in [6, 6.07) is 0. The van der Waals surface area contributed by atoms with Gasteiger partial charge in [0, 0.05) is 13.0 Å². The van der Waals surface area contributed by atoms with Crippen LogP contribution in [-0.4, -0.2) is 18.5 Å². The maximum Gasteiger partial charge on any atom is 0.321 e. The zero-order valence-electron chi connectivity index (χ0n) is 5.01. The highest BCUT2D eigenvalue weighted by Gasteiger charge is 1.86. The highest BCUT2D eigenvalue weighted by atomic mass is 16.7. The van der Waals surface area contributed by atoms with Crippen LogP contribution in [0.1, 0.15) is 6.92 Å². The molecule has 0 aromatic heterocycles.